The van der Waals surface area contributed by atoms with Crippen LogP contribution in [0.5, 0.6) is 0 Å². The van der Waals surface area contributed by atoms with Crippen molar-refractivity contribution in [1.82, 2.24) is 0 Å². The molecule has 7 aromatic rings. The van der Waals surface area contributed by atoms with Gasteiger partial charge in [0.25, 0.3) is 0 Å². The SMILES string of the molecule is C[NH+](C)c1ccccc1.Fc1c(F)c(F)c(-c2c(-c3c(F)c(F)c(F)c(F)c3F)c(-c3c(F)c(F)c(F)c(F)c3F)[c-](-c3c(F)c(F)c(F)c(F)c3F)c2-c2c(F)c(F)c(F)c(F)c2F)c(F)c1F. The monoisotopic (exact) mass is 1020 g/mol. The zero-order valence-corrected chi connectivity index (χ0v) is 32.8. The third-order valence-electron chi connectivity index (χ3n) is 9.90. The molecular weight excluding hydrogens is 1010 g/mol. The molecule has 0 fully saturated rings. The van der Waals surface area contributed by atoms with Crippen molar-refractivity contribution in [3.8, 4) is 55.6 Å². The van der Waals surface area contributed by atoms with E-state index >= 15 is 43.9 Å². The molecule has 0 heterocycles. The minimum atomic E-state index is -3.57. The van der Waals surface area contributed by atoms with Crippen molar-refractivity contribution < 1.29 is 115 Å². The van der Waals surface area contributed by atoms with Crippen LogP contribution >= 0.6 is 0 Å². The van der Waals surface area contributed by atoms with Crippen molar-refractivity contribution in [3.05, 3.63) is 176 Å². The van der Waals surface area contributed by atoms with Crippen LogP contribution < -0.4 is 4.90 Å². The molecule has 0 radical (unpaired) electrons. The molecule has 0 aromatic heterocycles. The first-order valence-corrected chi connectivity index (χ1v) is 17.9. The number of quaternary nitrogens is 1. The summed E-state index contributed by atoms with van der Waals surface area (Å²) in [5.74, 6) is -87.2. The Bertz CT molecular complexity index is 2690. The van der Waals surface area contributed by atoms with Gasteiger partial charge in [0, 0.05) is 22.3 Å². The van der Waals surface area contributed by atoms with E-state index in [1.165, 1.54) is 10.6 Å². The summed E-state index contributed by atoms with van der Waals surface area (Å²) in [7, 11) is 4.24. The highest BCUT2D eigenvalue weighted by molar-refractivity contribution is 6.15. The highest BCUT2D eigenvalue weighted by Gasteiger charge is 2.41. The quantitative estimate of drug-likeness (QED) is 0.0733. The van der Waals surface area contributed by atoms with E-state index in [9.17, 15) is 65.9 Å². The van der Waals surface area contributed by atoms with Crippen molar-refractivity contribution in [2.45, 2.75) is 0 Å². The second kappa shape index (κ2) is 18.4. The summed E-state index contributed by atoms with van der Waals surface area (Å²) in [4.78, 5) is 1.37. The fourth-order valence-corrected chi connectivity index (χ4v) is 6.77. The van der Waals surface area contributed by atoms with Crippen molar-refractivity contribution >= 4 is 5.69 Å². The second-order valence-corrected chi connectivity index (χ2v) is 14.0. The Balaban J connectivity index is 0.000000779. The Morgan fingerprint density at radius 2 is 0.449 bits per heavy atom. The maximum absolute atomic E-state index is 15.8. The summed E-state index contributed by atoms with van der Waals surface area (Å²) in [5, 5.41) is 0. The molecular formula is C43H12F25N. The van der Waals surface area contributed by atoms with Gasteiger partial charge in [-0.3, -0.25) is 0 Å². The lowest BCUT2D eigenvalue weighted by Gasteiger charge is -2.22. The van der Waals surface area contributed by atoms with E-state index in [2.05, 4.69) is 38.4 Å². The van der Waals surface area contributed by atoms with Gasteiger partial charge in [-0.05, 0) is 17.7 Å². The summed E-state index contributed by atoms with van der Waals surface area (Å²) in [6.45, 7) is 0. The molecule has 69 heavy (non-hydrogen) atoms. The predicted octanol–water partition coefficient (Wildman–Crippen LogP) is 13.7. The molecule has 0 saturated heterocycles. The van der Waals surface area contributed by atoms with Gasteiger partial charge in [0.05, 0.1) is 14.1 Å². The average Bonchev–Trinajstić information content (AvgIpc) is 3.63. The number of halogens is 25. The lowest BCUT2D eigenvalue weighted by atomic mass is 9.89. The Hall–Kier alpha value is -7.12. The first-order chi connectivity index (χ1) is 32.1. The van der Waals surface area contributed by atoms with Crippen LogP contribution in [0.2, 0.25) is 0 Å². The van der Waals surface area contributed by atoms with E-state index in [0.29, 0.717) is 0 Å². The van der Waals surface area contributed by atoms with E-state index in [0.717, 1.165) is 0 Å². The van der Waals surface area contributed by atoms with E-state index in [1.54, 1.807) is 0 Å². The zero-order valence-electron chi connectivity index (χ0n) is 32.8. The summed E-state index contributed by atoms with van der Waals surface area (Å²) in [5.41, 5.74) is -31.0. The number of nitrogens with one attached hydrogen (secondary N) is 1. The fourth-order valence-electron chi connectivity index (χ4n) is 6.77. The molecule has 1 N–H and O–H groups in total. The molecule has 0 bridgehead atoms. The molecule has 0 saturated carbocycles. The molecule has 0 atom stereocenters. The largest absolute Gasteiger partial charge is 0.307 e. The van der Waals surface area contributed by atoms with Gasteiger partial charge in [0.15, 0.2) is 98.9 Å². The first-order valence-electron chi connectivity index (χ1n) is 17.9. The standard InChI is InChI=1S/C35F25.C8H11N/c36-11-6(12(37)22(47)31(56)21(11)46)1-2(7-13(38)23(48)32(57)24(49)14(7)39)4(9-17(42)27(52)34(59)28(53)18(9)43)5(10-19(44)29(54)35(60)30(55)20(10)45)3(1)8-15(40)25(50)33(58)26(51)16(8)41;1-9(2)8-6-4-3-5-7-8/h;3-7H,1-2H3/q-1;/p+1. The van der Waals surface area contributed by atoms with Crippen molar-refractivity contribution in [2.24, 2.45) is 0 Å². The summed E-state index contributed by atoms with van der Waals surface area (Å²) in [6, 6.07) is 10.4. The molecule has 0 unspecified atom stereocenters. The van der Waals surface area contributed by atoms with Gasteiger partial charge in [-0.1, -0.05) is 46.0 Å². The predicted molar refractivity (Wildman–Crippen MR) is 187 cm³/mol. The number of rotatable bonds is 6. The average molecular weight is 1020 g/mol. The van der Waals surface area contributed by atoms with Crippen LogP contribution in [0.1, 0.15) is 0 Å². The van der Waals surface area contributed by atoms with Gasteiger partial charge in [0.2, 0.25) is 11.6 Å². The van der Waals surface area contributed by atoms with Gasteiger partial charge in [-0.15, -0.1) is 0 Å². The summed E-state index contributed by atoms with van der Waals surface area (Å²) in [6.07, 6.45) is 0. The maximum Gasteiger partial charge on any atom is 0.200 e. The number of hydrogen-bond acceptors (Lipinski definition) is 0. The minimum absolute atomic E-state index is 1.33. The molecule has 1 nitrogen and oxygen atoms in total. The van der Waals surface area contributed by atoms with Crippen LogP contribution in [0.4, 0.5) is 115 Å². The van der Waals surface area contributed by atoms with Crippen LogP contribution in [0.3, 0.4) is 0 Å². The first kappa shape index (κ1) is 51.3. The molecule has 364 valence electrons. The summed E-state index contributed by atoms with van der Waals surface area (Å²) >= 11 is 0. The highest BCUT2D eigenvalue weighted by atomic mass is 19.2. The number of benzene rings is 6. The molecule has 0 aliphatic heterocycles. The topological polar surface area (TPSA) is 4.44 Å². The molecule has 0 aliphatic rings. The van der Waals surface area contributed by atoms with E-state index in [4.69, 9.17) is 0 Å². The van der Waals surface area contributed by atoms with Crippen LogP contribution in [0.25, 0.3) is 55.6 Å². The normalized spacial score (nSPS) is 11.5. The van der Waals surface area contributed by atoms with Crippen molar-refractivity contribution in [1.29, 1.82) is 0 Å². The Morgan fingerprint density at radius 1 is 0.246 bits per heavy atom. The number of para-hydroxylation sites is 1. The van der Waals surface area contributed by atoms with Gasteiger partial charge in [-0.25, -0.2) is 110 Å². The third kappa shape index (κ3) is 7.76. The van der Waals surface area contributed by atoms with Crippen LogP contribution in [-0.4, -0.2) is 14.1 Å². The lowest BCUT2D eigenvalue weighted by Crippen LogP contribution is -3.00. The Labute approximate surface area is 365 Å². The number of hydrogen-bond donors (Lipinski definition) is 1. The molecule has 26 heteroatoms. The maximum atomic E-state index is 15.8. The van der Waals surface area contributed by atoms with E-state index in [-0.39, 0.29) is 0 Å². The van der Waals surface area contributed by atoms with Gasteiger partial charge >= 0.3 is 0 Å². The van der Waals surface area contributed by atoms with Crippen LogP contribution in [0, 0.1) is 145 Å². The smallest absolute Gasteiger partial charge is 0.200 e. The van der Waals surface area contributed by atoms with Crippen molar-refractivity contribution in [3.63, 3.8) is 0 Å². The van der Waals surface area contributed by atoms with Gasteiger partial charge in [0.1, 0.15) is 40.6 Å². The minimum Gasteiger partial charge on any atom is -0.307 e. The van der Waals surface area contributed by atoms with Gasteiger partial charge < -0.3 is 4.90 Å². The molecule has 7 rings (SSSR count). The van der Waals surface area contributed by atoms with Crippen LogP contribution in [0.15, 0.2) is 30.3 Å². The summed E-state index contributed by atoms with van der Waals surface area (Å²) < 4.78 is 378. The Morgan fingerprint density at radius 3 is 0.667 bits per heavy atom. The zero-order chi connectivity index (χ0) is 51.9. The van der Waals surface area contributed by atoms with E-state index < -0.39 is 201 Å². The molecule has 0 amide bonds. The van der Waals surface area contributed by atoms with Crippen LogP contribution in [-0.2, 0) is 0 Å². The van der Waals surface area contributed by atoms with Gasteiger partial charge in [-0.2, -0.15) is 0 Å². The fraction of sp³-hybridized carbons (Fsp3) is 0.0465. The second-order valence-electron chi connectivity index (χ2n) is 14.0. The van der Waals surface area contributed by atoms with Crippen molar-refractivity contribution in [2.75, 3.05) is 14.1 Å². The van der Waals surface area contributed by atoms with E-state index in [1.807, 2.05) is 6.07 Å². The molecule has 7 aromatic carbocycles. The third-order valence-corrected chi connectivity index (χ3v) is 9.90. The molecule has 0 aliphatic carbocycles. The highest BCUT2D eigenvalue weighted by Crippen LogP contribution is 2.60. The Kier molecular flexibility index (Phi) is 13.7. The lowest BCUT2D eigenvalue weighted by molar-refractivity contribution is -0.786. The molecule has 0 spiro atoms.